The molecule has 2 aromatic rings. The molecule has 5 heteroatoms. The molecule has 0 amide bonds. The first-order valence-electron chi connectivity index (χ1n) is 7.29. The maximum Gasteiger partial charge on any atom is 0.165 e. The molecule has 0 radical (unpaired) electrons. The SMILES string of the molecule is CCCn1c(C[NH+](CCO)CCO)nc2ccccc21. The first-order valence-corrected chi connectivity index (χ1v) is 7.29. The topological polar surface area (TPSA) is 62.7 Å². The standard InChI is InChI=1S/C15H23N3O2/c1-2-7-18-14-6-4-3-5-13(14)16-15(18)12-17(8-10-19)9-11-20/h3-6,19-20H,2,7-12H2,1H3/p+1. The molecule has 3 N–H and O–H groups in total. The van der Waals surface area contributed by atoms with Crippen LogP contribution in [0.25, 0.3) is 11.0 Å². The molecule has 0 aliphatic carbocycles. The lowest BCUT2D eigenvalue weighted by atomic mass is 10.3. The van der Waals surface area contributed by atoms with Crippen molar-refractivity contribution in [1.29, 1.82) is 0 Å². The average Bonchev–Trinajstić information content (AvgIpc) is 2.78. The van der Waals surface area contributed by atoms with Crippen LogP contribution >= 0.6 is 0 Å². The highest BCUT2D eigenvalue weighted by molar-refractivity contribution is 5.75. The number of fused-ring (bicyclic) bond motifs is 1. The zero-order valence-corrected chi connectivity index (χ0v) is 12.0. The lowest BCUT2D eigenvalue weighted by Gasteiger charge is -2.17. The zero-order chi connectivity index (χ0) is 14.4. The molecule has 0 saturated carbocycles. The molecule has 0 saturated heterocycles. The molecule has 2 rings (SSSR count). The fourth-order valence-corrected chi connectivity index (χ4v) is 2.58. The normalized spacial score (nSPS) is 11.6. The Morgan fingerprint density at radius 3 is 2.50 bits per heavy atom. The second-order valence-electron chi connectivity index (χ2n) is 5.04. The second-order valence-corrected chi connectivity index (χ2v) is 5.04. The predicted octanol–water partition coefficient (Wildman–Crippen LogP) is -0.184. The number of aliphatic hydroxyl groups is 2. The molecule has 0 aliphatic rings. The Labute approximate surface area is 119 Å². The summed E-state index contributed by atoms with van der Waals surface area (Å²) in [5.41, 5.74) is 2.18. The van der Waals surface area contributed by atoms with Crippen molar-refractivity contribution in [2.75, 3.05) is 26.3 Å². The molecule has 110 valence electrons. The summed E-state index contributed by atoms with van der Waals surface area (Å²) in [7, 11) is 0. The lowest BCUT2D eigenvalue weighted by molar-refractivity contribution is -0.915. The monoisotopic (exact) mass is 278 g/mol. The van der Waals surface area contributed by atoms with E-state index < -0.39 is 0 Å². The highest BCUT2D eigenvalue weighted by Gasteiger charge is 2.15. The Hall–Kier alpha value is -1.43. The number of nitrogens with zero attached hydrogens (tertiary/aromatic N) is 2. The highest BCUT2D eigenvalue weighted by Crippen LogP contribution is 2.15. The summed E-state index contributed by atoms with van der Waals surface area (Å²) >= 11 is 0. The fourth-order valence-electron chi connectivity index (χ4n) is 2.58. The third-order valence-electron chi connectivity index (χ3n) is 3.52. The Bertz CT molecular complexity index is 533. The lowest BCUT2D eigenvalue weighted by Crippen LogP contribution is -3.11. The smallest absolute Gasteiger partial charge is 0.165 e. The van der Waals surface area contributed by atoms with Crippen LogP contribution in [-0.4, -0.2) is 46.1 Å². The number of quaternary nitrogens is 1. The number of benzene rings is 1. The van der Waals surface area contributed by atoms with E-state index in [1.165, 1.54) is 0 Å². The van der Waals surface area contributed by atoms with Crippen molar-refractivity contribution in [1.82, 2.24) is 9.55 Å². The third-order valence-corrected chi connectivity index (χ3v) is 3.52. The highest BCUT2D eigenvalue weighted by atomic mass is 16.3. The molecular weight excluding hydrogens is 254 g/mol. The van der Waals surface area contributed by atoms with E-state index in [-0.39, 0.29) is 13.2 Å². The van der Waals surface area contributed by atoms with Gasteiger partial charge < -0.3 is 19.7 Å². The zero-order valence-electron chi connectivity index (χ0n) is 12.0. The number of hydrogen-bond acceptors (Lipinski definition) is 3. The summed E-state index contributed by atoms with van der Waals surface area (Å²) in [6, 6.07) is 8.16. The quantitative estimate of drug-likeness (QED) is 0.627. The summed E-state index contributed by atoms with van der Waals surface area (Å²) in [6.45, 7) is 5.36. The molecule has 0 aliphatic heterocycles. The Morgan fingerprint density at radius 2 is 1.85 bits per heavy atom. The summed E-state index contributed by atoms with van der Waals surface area (Å²) in [6.07, 6.45) is 1.06. The van der Waals surface area contributed by atoms with Crippen molar-refractivity contribution in [3.05, 3.63) is 30.1 Å². The fraction of sp³-hybridized carbons (Fsp3) is 0.533. The van der Waals surface area contributed by atoms with E-state index in [4.69, 9.17) is 15.2 Å². The van der Waals surface area contributed by atoms with Crippen molar-refractivity contribution < 1.29 is 15.1 Å². The molecule has 20 heavy (non-hydrogen) atoms. The van der Waals surface area contributed by atoms with Crippen molar-refractivity contribution in [3.8, 4) is 0 Å². The molecular formula is C15H24N3O2+. The van der Waals surface area contributed by atoms with Gasteiger partial charge in [0, 0.05) is 6.54 Å². The minimum atomic E-state index is 0.128. The summed E-state index contributed by atoms with van der Waals surface area (Å²) in [4.78, 5) is 5.87. The van der Waals surface area contributed by atoms with Crippen molar-refractivity contribution >= 4 is 11.0 Å². The van der Waals surface area contributed by atoms with Gasteiger partial charge in [-0.05, 0) is 18.6 Å². The van der Waals surface area contributed by atoms with Gasteiger partial charge >= 0.3 is 0 Å². The van der Waals surface area contributed by atoms with Gasteiger partial charge in [0.1, 0.15) is 19.6 Å². The van der Waals surface area contributed by atoms with Gasteiger partial charge in [0.2, 0.25) is 0 Å². The van der Waals surface area contributed by atoms with Gasteiger partial charge in [0.05, 0.1) is 24.2 Å². The third kappa shape index (κ3) is 3.36. The van der Waals surface area contributed by atoms with Gasteiger partial charge in [0.15, 0.2) is 5.82 Å². The Morgan fingerprint density at radius 1 is 1.15 bits per heavy atom. The molecule has 5 nitrogen and oxygen atoms in total. The number of nitrogens with one attached hydrogen (secondary N) is 1. The minimum absolute atomic E-state index is 0.128. The second kappa shape index (κ2) is 7.38. The average molecular weight is 278 g/mol. The van der Waals surface area contributed by atoms with Crippen LogP contribution in [0, 0.1) is 0 Å². The number of aromatic nitrogens is 2. The van der Waals surface area contributed by atoms with E-state index in [1.54, 1.807) is 0 Å². The van der Waals surface area contributed by atoms with Gasteiger partial charge in [-0.15, -0.1) is 0 Å². The molecule has 1 heterocycles. The molecule has 0 atom stereocenters. The molecule has 0 unspecified atom stereocenters. The van der Waals surface area contributed by atoms with Crippen LogP contribution in [0.2, 0.25) is 0 Å². The van der Waals surface area contributed by atoms with E-state index >= 15 is 0 Å². The largest absolute Gasteiger partial charge is 0.391 e. The van der Waals surface area contributed by atoms with E-state index in [1.807, 2.05) is 18.2 Å². The maximum atomic E-state index is 9.12. The van der Waals surface area contributed by atoms with E-state index in [0.717, 1.165) is 41.3 Å². The minimum Gasteiger partial charge on any atom is -0.391 e. The predicted molar refractivity (Wildman–Crippen MR) is 78.6 cm³/mol. The molecule has 0 bridgehead atoms. The van der Waals surface area contributed by atoms with E-state index in [2.05, 4.69) is 17.6 Å². The Balaban J connectivity index is 2.29. The Kier molecular flexibility index (Phi) is 5.52. The number of rotatable bonds is 8. The van der Waals surface area contributed by atoms with Crippen LogP contribution in [0.15, 0.2) is 24.3 Å². The summed E-state index contributed by atoms with van der Waals surface area (Å²) in [5.74, 6) is 1.03. The van der Waals surface area contributed by atoms with Crippen LogP contribution in [0.4, 0.5) is 0 Å². The number of aryl methyl sites for hydroxylation is 1. The van der Waals surface area contributed by atoms with Crippen LogP contribution in [0.1, 0.15) is 19.2 Å². The maximum absolute atomic E-state index is 9.12. The number of imidazole rings is 1. The van der Waals surface area contributed by atoms with Gasteiger partial charge in [-0.2, -0.15) is 0 Å². The van der Waals surface area contributed by atoms with E-state index in [0.29, 0.717) is 13.1 Å². The van der Waals surface area contributed by atoms with Crippen molar-refractivity contribution in [2.45, 2.75) is 26.4 Å². The van der Waals surface area contributed by atoms with Crippen LogP contribution in [-0.2, 0) is 13.1 Å². The first-order chi connectivity index (χ1) is 9.80. The summed E-state index contributed by atoms with van der Waals surface area (Å²) < 4.78 is 2.25. The number of aliphatic hydroxyl groups excluding tert-OH is 2. The van der Waals surface area contributed by atoms with Gasteiger partial charge in [-0.25, -0.2) is 4.98 Å². The first kappa shape index (κ1) is 15.0. The molecule has 0 spiro atoms. The van der Waals surface area contributed by atoms with Crippen LogP contribution in [0.5, 0.6) is 0 Å². The van der Waals surface area contributed by atoms with Gasteiger partial charge in [0.25, 0.3) is 0 Å². The van der Waals surface area contributed by atoms with Crippen LogP contribution in [0.3, 0.4) is 0 Å². The number of hydrogen-bond donors (Lipinski definition) is 3. The van der Waals surface area contributed by atoms with Gasteiger partial charge in [-0.3, -0.25) is 0 Å². The van der Waals surface area contributed by atoms with E-state index in [9.17, 15) is 0 Å². The molecule has 1 aromatic carbocycles. The van der Waals surface area contributed by atoms with Crippen molar-refractivity contribution in [3.63, 3.8) is 0 Å². The van der Waals surface area contributed by atoms with Crippen LogP contribution < -0.4 is 4.90 Å². The molecule has 1 aromatic heterocycles. The number of para-hydroxylation sites is 2. The molecule has 0 fully saturated rings. The van der Waals surface area contributed by atoms with Crippen molar-refractivity contribution in [2.24, 2.45) is 0 Å². The summed E-state index contributed by atoms with van der Waals surface area (Å²) in [5, 5.41) is 18.2. The van der Waals surface area contributed by atoms with Gasteiger partial charge in [-0.1, -0.05) is 19.1 Å².